The first-order valence-electron chi connectivity index (χ1n) is 18.8. The first-order valence-corrected chi connectivity index (χ1v) is 25.9. The number of benzene rings is 4. The van der Waals surface area contributed by atoms with Crippen LogP contribution in [0.25, 0.3) is 22.3 Å². The third-order valence-electron chi connectivity index (χ3n) is 10.7. The Morgan fingerprint density at radius 3 is 1.68 bits per heavy atom. The molecule has 4 aliphatic carbocycles. The molecule has 0 N–H and O–H groups in total. The van der Waals surface area contributed by atoms with E-state index in [1.54, 1.807) is 5.20 Å². The van der Waals surface area contributed by atoms with Crippen molar-refractivity contribution < 1.29 is 22.3 Å². The molecular weight excluding hydrogens is 779 g/mol. The van der Waals surface area contributed by atoms with Crippen molar-refractivity contribution in [1.29, 1.82) is 0 Å². The van der Waals surface area contributed by atoms with Gasteiger partial charge in [-0.1, -0.05) is 97.6 Å². The predicted octanol–water partition coefficient (Wildman–Crippen LogP) is 13.7. The van der Waals surface area contributed by atoms with Crippen molar-refractivity contribution in [2.45, 2.75) is 92.3 Å². The molecule has 4 heteroatoms. The van der Waals surface area contributed by atoms with Crippen LogP contribution in [0.1, 0.15) is 99.9 Å². The van der Waals surface area contributed by atoms with E-state index in [-0.39, 0.29) is 10.8 Å². The molecule has 1 unspecified atom stereocenters. The summed E-state index contributed by atoms with van der Waals surface area (Å²) in [6.45, 7) is 25.2. The standard InChI is InChI=1S/C25H25.C10H17Si.2C7H5Cl.Zr/c1-14-12-24(3,4)22-8-16-7-17-9-23-19(15(2)13-25(23,5)6)11-21(17)20(16)10-18(14)22;1-8-6-9(2)10(7-8)11(3,4)5;2*1-6-2-4-7(8)5-3-6;/h8-12H,7H2,1-6H3;7-8H,1-5H3;2*1-5H;/q2*-1;;;. The van der Waals surface area contributed by atoms with Gasteiger partial charge in [-0.2, -0.15) is 11.6 Å². The van der Waals surface area contributed by atoms with E-state index >= 15 is 0 Å². The SMILES string of the molecule is CC1=[C-]C(C)(C)c2cc3c(cc21)-c1cc2c(cc1C3)C(C)(C)C=C2C.CC1=[C-]C(C)C=C1[Si](C)(C)C.Clc1ccc([CH]=[Zr]=[CH]c2ccc(Cl)cc2)cc1. The fraction of sp³-hybridized carbons (Fsp3) is 0.306. The van der Waals surface area contributed by atoms with Gasteiger partial charge in [0.1, 0.15) is 0 Å². The van der Waals surface area contributed by atoms with Crippen molar-refractivity contribution in [3.05, 3.63) is 162 Å². The summed E-state index contributed by atoms with van der Waals surface area (Å²) in [5, 5.41) is 3.17. The monoisotopic (exact) mass is 828 g/mol. The Kier molecular flexibility index (Phi) is 11.6. The maximum absolute atomic E-state index is 5.84. The molecule has 0 radical (unpaired) electrons. The fourth-order valence-corrected chi connectivity index (χ4v) is 12.6. The van der Waals surface area contributed by atoms with Crippen molar-refractivity contribution >= 4 is 49.8 Å². The molecule has 1 atom stereocenters. The van der Waals surface area contributed by atoms with E-state index in [4.69, 9.17) is 23.2 Å². The van der Waals surface area contributed by atoms with Gasteiger partial charge in [0.05, 0.1) is 0 Å². The molecule has 0 aliphatic heterocycles. The molecule has 0 saturated heterocycles. The second-order valence-corrected chi connectivity index (χ2v) is 25.3. The van der Waals surface area contributed by atoms with Gasteiger partial charge in [-0.3, -0.25) is 12.2 Å². The molecule has 0 heterocycles. The molecule has 0 bridgehead atoms. The topological polar surface area (TPSA) is 0 Å². The van der Waals surface area contributed by atoms with Gasteiger partial charge in [-0.15, -0.1) is 11.6 Å². The van der Waals surface area contributed by atoms with Crippen molar-refractivity contribution in [3.8, 4) is 11.1 Å². The number of fused-ring (bicyclic) bond motifs is 5. The van der Waals surface area contributed by atoms with Gasteiger partial charge in [-0.25, -0.2) is 16.3 Å². The van der Waals surface area contributed by atoms with Crippen LogP contribution in [0.2, 0.25) is 29.7 Å². The third kappa shape index (κ3) is 8.89. The molecule has 4 aromatic carbocycles. The molecule has 0 spiro atoms. The van der Waals surface area contributed by atoms with Gasteiger partial charge in [-0.05, 0) is 66.4 Å². The van der Waals surface area contributed by atoms with Gasteiger partial charge >= 0.3 is 123 Å². The van der Waals surface area contributed by atoms with E-state index in [2.05, 4.69) is 155 Å². The van der Waals surface area contributed by atoms with Crippen molar-refractivity contribution in [2.24, 2.45) is 5.92 Å². The summed E-state index contributed by atoms with van der Waals surface area (Å²) in [6, 6.07) is 25.7. The zero-order chi connectivity index (χ0) is 38.5. The Labute approximate surface area is 341 Å². The molecule has 4 aromatic rings. The van der Waals surface area contributed by atoms with E-state index in [1.165, 1.54) is 72.4 Å². The molecule has 0 saturated carbocycles. The summed E-state index contributed by atoms with van der Waals surface area (Å²) in [4.78, 5) is 0. The summed E-state index contributed by atoms with van der Waals surface area (Å²) in [7, 11) is -1.07. The van der Waals surface area contributed by atoms with Crippen molar-refractivity contribution in [2.75, 3.05) is 0 Å². The van der Waals surface area contributed by atoms with Crippen LogP contribution in [0.5, 0.6) is 0 Å². The van der Waals surface area contributed by atoms with Crippen LogP contribution in [-0.4, -0.2) is 15.5 Å². The normalized spacial score (nSPS) is 17.9. The van der Waals surface area contributed by atoms with Crippen LogP contribution < -0.4 is 0 Å². The minimum atomic E-state index is -1.07. The van der Waals surface area contributed by atoms with E-state index < -0.39 is 30.3 Å². The minimum absolute atomic E-state index is 0.0340. The zero-order valence-electron chi connectivity index (χ0n) is 33.3. The van der Waals surface area contributed by atoms with Gasteiger partial charge in [0.25, 0.3) is 0 Å². The van der Waals surface area contributed by atoms with Gasteiger partial charge in [0.15, 0.2) is 0 Å². The Morgan fingerprint density at radius 2 is 1.21 bits per heavy atom. The molecule has 272 valence electrons. The Bertz CT molecular complexity index is 2130. The number of hydrogen-bond acceptors (Lipinski definition) is 0. The van der Waals surface area contributed by atoms with Crippen molar-refractivity contribution in [3.63, 3.8) is 0 Å². The van der Waals surface area contributed by atoms with Crippen LogP contribution in [0.4, 0.5) is 0 Å². The number of hydrogen-bond donors (Lipinski definition) is 0. The quantitative estimate of drug-likeness (QED) is 0.126. The zero-order valence-corrected chi connectivity index (χ0v) is 38.2. The van der Waals surface area contributed by atoms with Gasteiger partial charge in [0, 0.05) is 5.41 Å². The van der Waals surface area contributed by atoms with Gasteiger partial charge in [0.2, 0.25) is 0 Å². The average Bonchev–Trinajstić information content (AvgIpc) is 3.75. The van der Waals surface area contributed by atoms with Crippen LogP contribution in [0, 0.1) is 18.1 Å². The average molecular weight is 831 g/mol. The van der Waals surface area contributed by atoms with E-state index in [1.807, 2.05) is 24.3 Å². The molecule has 0 aromatic heterocycles. The van der Waals surface area contributed by atoms with Crippen LogP contribution >= 0.6 is 23.2 Å². The molecule has 0 amide bonds. The first-order chi connectivity index (χ1) is 24.8. The van der Waals surface area contributed by atoms with E-state index in [9.17, 15) is 0 Å². The van der Waals surface area contributed by atoms with Crippen LogP contribution in [-0.2, 0) is 39.5 Å². The van der Waals surface area contributed by atoms with E-state index in [0.717, 1.165) is 16.5 Å². The van der Waals surface area contributed by atoms with Crippen LogP contribution in [0.15, 0.2) is 95.7 Å². The third-order valence-corrected chi connectivity index (χ3v) is 15.9. The molecular formula is C49H52Cl2SiZr-2. The summed E-state index contributed by atoms with van der Waals surface area (Å²) < 4.78 is 4.66. The second kappa shape index (κ2) is 15.4. The summed E-state index contributed by atoms with van der Waals surface area (Å²) in [5.41, 5.74) is 18.5. The summed E-state index contributed by atoms with van der Waals surface area (Å²) in [5.74, 6) is 0.553. The Balaban J connectivity index is 0.000000149. The number of allylic oxidation sites excluding steroid dienone is 8. The number of rotatable bonds is 3. The Morgan fingerprint density at radius 1 is 0.698 bits per heavy atom. The maximum atomic E-state index is 5.84. The fourth-order valence-electron chi connectivity index (χ4n) is 8.28. The van der Waals surface area contributed by atoms with E-state index in [0.29, 0.717) is 5.92 Å². The van der Waals surface area contributed by atoms with Crippen LogP contribution in [0.3, 0.4) is 0 Å². The summed E-state index contributed by atoms with van der Waals surface area (Å²) in [6.07, 6.45) is 12.9. The molecule has 0 fully saturated rings. The summed E-state index contributed by atoms with van der Waals surface area (Å²) >= 11 is 11.0. The molecule has 4 aliphatic rings. The number of halogens is 2. The van der Waals surface area contributed by atoms with Crippen molar-refractivity contribution in [1.82, 2.24) is 0 Å². The van der Waals surface area contributed by atoms with Gasteiger partial charge < -0.3 is 0 Å². The molecule has 53 heavy (non-hydrogen) atoms. The Hall–Kier alpha value is -2.74. The molecule has 0 nitrogen and oxygen atoms in total. The predicted molar refractivity (Wildman–Crippen MR) is 233 cm³/mol. The molecule has 8 rings (SSSR count). The second-order valence-electron chi connectivity index (χ2n) is 17.2. The first kappa shape index (κ1) is 39.9.